The van der Waals surface area contributed by atoms with Gasteiger partial charge in [-0.2, -0.15) is 4.80 Å². The van der Waals surface area contributed by atoms with Gasteiger partial charge in [0.05, 0.1) is 6.54 Å². The van der Waals surface area contributed by atoms with Crippen LogP contribution in [0.1, 0.15) is 13.3 Å². The van der Waals surface area contributed by atoms with Crippen molar-refractivity contribution in [2.75, 3.05) is 13.1 Å². The standard InChI is InChI=1S/C14H18N6O2/c1-2-8-15-12(21)9-16-13(22)10-20-18-14(17-19-20)11-6-4-3-5-7-11/h3-7H,2,8-10H2,1H3,(H,15,21)(H,16,22). The molecule has 0 spiro atoms. The highest BCUT2D eigenvalue weighted by molar-refractivity contribution is 5.84. The summed E-state index contributed by atoms with van der Waals surface area (Å²) in [5.41, 5.74) is 0.827. The lowest BCUT2D eigenvalue weighted by molar-refractivity contribution is -0.126. The first-order valence-electron chi connectivity index (χ1n) is 7.05. The molecule has 0 unspecified atom stereocenters. The van der Waals surface area contributed by atoms with Crippen LogP contribution in [0.25, 0.3) is 11.4 Å². The van der Waals surface area contributed by atoms with Crippen LogP contribution in [0.2, 0.25) is 0 Å². The molecule has 1 aromatic carbocycles. The van der Waals surface area contributed by atoms with Crippen molar-refractivity contribution in [2.24, 2.45) is 0 Å². The van der Waals surface area contributed by atoms with E-state index in [2.05, 4.69) is 26.0 Å². The molecule has 0 saturated carbocycles. The molecule has 2 amide bonds. The van der Waals surface area contributed by atoms with Crippen molar-refractivity contribution in [3.8, 4) is 11.4 Å². The van der Waals surface area contributed by atoms with Crippen LogP contribution in [-0.2, 0) is 16.1 Å². The fourth-order valence-corrected chi connectivity index (χ4v) is 1.70. The number of carbonyl (C=O) groups is 2. The number of nitrogens with one attached hydrogen (secondary N) is 2. The molecular formula is C14H18N6O2. The second-order valence-corrected chi connectivity index (χ2v) is 4.64. The van der Waals surface area contributed by atoms with E-state index >= 15 is 0 Å². The zero-order valence-corrected chi connectivity index (χ0v) is 12.3. The van der Waals surface area contributed by atoms with Gasteiger partial charge >= 0.3 is 0 Å². The van der Waals surface area contributed by atoms with E-state index in [1.54, 1.807) is 0 Å². The van der Waals surface area contributed by atoms with E-state index in [-0.39, 0.29) is 24.9 Å². The number of hydrogen-bond donors (Lipinski definition) is 2. The molecular weight excluding hydrogens is 284 g/mol. The summed E-state index contributed by atoms with van der Waals surface area (Å²) < 4.78 is 0. The monoisotopic (exact) mass is 302 g/mol. The minimum Gasteiger partial charge on any atom is -0.355 e. The number of hydrogen-bond acceptors (Lipinski definition) is 5. The largest absolute Gasteiger partial charge is 0.355 e. The highest BCUT2D eigenvalue weighted by Crippen LogP contribution is 2.11. The molecule has 0 radical (unpaired) electrons. The maximum absolute atomic E-state index is 11.7. The predicted molar refractivity (Wildman–Crippen MR) is 79.6 cm³/mol. The molecule has 2 aromatic rings. The highest BCUT2D eigenvalue weighted by atomic mass is 16.2. The molecule has 1 aromatic heterocycles. The van der Waals surface area contributed by atoms with Gasteiger partial charge in [-0.15, -0.1) is 10.2 Å². The zero-order valence-electron chi connectivity index (χ0n) is 12.3. The van der Waals surface area contributed by atoms with Crippen molar-refractivity contribution in [3.63, 3.8) is 0 Å². The van der Waals surface area contributed by atoms with Gasteiger partial charge in [-0.05, 0) is 11.6 Å². The molecule has 22 heavy (non-hydrogen) atoms. The summed E-state index contributed by atoms with van der Waals surface area (Å²) >= 11 is 0. The lowest BCUT2D eigenvalue weighted by Crippen LogP contribution is -2.38. The van der Waals surface area contributed by atoms with Gasteiger partial charge in [0.25, 0.3) is 0 Å². The number of aromatic nitrogens is 4. The lowest BCUT2D eigenvalue weighted by atomic mass is 10.2. The van der Waals surface area contributed by atoms with E-state index in [4.69, 9.17) is 0 Å². The molecule has 2 rings (SSSR count). The number of carbonyl (C=O) groups excluding carboxylic acids is 2. The predicted octanol–water partition coefficient (Wildman–Crippen LogP) is -0.0175. The molecule has 1 heterocycles. The van der Waals surface area contributed by atoms with Crippen molar-refractivity contribution in [1.29, 1.82) is 0 Å². The zero-order chi connectivity index (χ0) is 15.8. The Bertz CT molecular complexity index is 625. The molecule has 8 heteroatoms. The van der Waals surface area contributed by atoms with Crippen LogP contribution in [0.3, 0.4) is 0 Å². The van der Waals surface area contributed by atoms with Crippen LogP contribution in [0.4, 0.5) is 0 Å². The summed E-state index contributed by atoms with van der Waals surface area (Å²) in [7, 11) is 0. The van der Waals surface area contributed by atoms with Gasteiger partial charge in [-0.3, -0.25) is 9.59 Å². The molecule has 0 aliphatic carbocycles. The van der Waals surface area contributed by atoms with Gasteiger partial charge in [0.1, 0.15) is 6.54 Å². The summed E-state index contributed by atoms with van der Waals surface area (Å²) in [5.74, 6) is -0.107. The van der Waals surface area contributed by atoms with Gasteiger partial charge in [-0.25, -0.2) is 0 Å². The van der Waals surface area contributed by atoms with Crippen molar-refractivity contribution < 1.29 is 9.59 Å². The number of tetrazole rings is 1. The molecule has 0 fully saturated rings. The Morgan fingerprint density at radius 3 is 2.64 bits per heavy atom. The topological polar surface area (TPSA) is 102 Å². The van der Waals surface area contributed by atoms with Crippen LogP contribution in [-0.4, -0.2) is 45.1 Å². The third-order valence-corrected chi connectivity index (χ3v) is 2.79. The summed E-state index contributed by atoms with van der Waals surface area (Å²) in [6, 6.07) is 9.36. The summed E-state index contributed by atoms with van der Waals surface area (Å²) in [5, 5.41) is 17.0. The average Bonchev–Trinajstić information content (AvgIpc) is 3.00. The fourth-order valence-electron chi connectivity index (χ4n) is 1.70. The second kappa shape index (κ2) is 7.87. The smallest absolute Gasteiger partial charge is 0.244 e. The van der Waals surface area contributed by atoms with Crippen molar-refractivity contribution >= 4 is 11.8 Å². The van der Waals surface area contributed by atoms with Crippen LogP contribution < -0.4 is 10.6 Å². The Labute approximate surface area is 127 Å². The van der Waals surface area contributed by atoms with Crippen LogP contribution in [0.5, 0.6) is 0 Å². The maximum Gasteiger partial charge on any atom is 0.244 e. The van der Waals surface area contributed by atoms with E-state index in [0.29, 0.717) is 12.4 Å². The molecule has 0 aliphatic heterocycles. The van der Waals surface area contributed by atoms with Gasteiger partial charge in [0, 0.05) is 12.1 Å². The second-order valence-electron chi connectivity index (χ2n) is 4.64. The maximum atomic E-state index is 11.7. The fraction of sp³-hybridized carbons (Fsp3) is 0.357. The van der Waals surface area contributed by atoms with Gasteiger partial charge in [0.2, 0.25) is 17.6 Å². The molecule has 0 atom stereocenters. The van der Waals surface area contributed by atoms with Crippen molar-refractivity contribution in [2.45, 2.75) is 19.9 Å². The molecule has 116 valence electrons. The number of amides is 2. The molecule has 2 N–H and O–H groups in total. The molecule has 8 nitrogen and oxygen atoms in total. The third-order valence-electron chi connectivity index (χ3n) is 2.79. The normalized spacial score (nSPS) is 10.2. The molecule has 0 aliphatic rings. The molecule has 0 saturated heterocycles. The first kappa shape index (κ1) is 15.6. The van der Waals surface area contributed by atoms with E-state index in [1.165, 1.54) is 4.80 Å². The van der Waals surface area contributed by atoms with Crippen molar-refractivity contribution in [1.82, 2.24) is 30.8 Å². The average molecular weight is 302 g/mol. The Morgan fingerprint density at radius 2 is 1.91 bits per heavy atom. The number of nitrogens with zero attached hydrogens (tertiary/aromatic N) is 4. The first-order chi connectivity index (χ1) is 10.7. The Morgan fingerprint density at radius 1 is 1.14 bits per heavy atom. The Kier molecular flexibility index (Phi) is 5.58. The SMILES string of the molecule is CCCNC(=O)CNC(=O)Cn1nnc(-c2ccccc2)n1. The number of rotatable bonds is 7. The first-order valence-corrected chi connectivity index (χ1v) is 7.05. The minimum absolute atomic E-state index is 0.0565. The summed E-state index contributed by atoms with van der Waals surface area (Å²) in [6.07, 6.45) is 0.852. The third kappa shape index (κ3) is 4.65. The van der Waals surface area contributed by atoms with E-state index in [1.807, 2.05) is 37.3 Å². The van der Waals surface area contributed by atoms with Crippen LogP contribution in [0, 0.1) is 0 Å². The van der Waals surface area contributed by atoms with Gasteiger partial charge < -0.3 is 10.6 Å². The summed E-state index contributed by atoms with van der Waals surface area (Å²) in [4.78, 5) is 24.3. The lowest BCUT2D eigenvalue weighted by Gasteiger charge is -2.05. The highest BCUT2D eigenvalue weighted by Gasteiger charge is 2.10. The molecule has 0 bridgehead atoms. The van der Waals surface area contributed by atoms with E-state index < -0.39 is 0 Å². The van der Waals surface area contributed by atoms with E-state index in [0.717, 1.165) is 12.0 Å². The van der Waals surface area contributed by atoms with Crippen LogP contribution >= 0.6 is 0 Å². The Hall–Kier alpha value is -2.77. The van der Waals surface area contributed by atoms with Gasteiger partial charge in [0.15, 0.2) is 0 Å². The van der Waals surface area contributed by atoms with Gasteiger partial charge in [-0.1, -0.05) is 37.3 Å². The van der Waals surface area contributed by atoms with Crippen molar-refractivity contribution in [3.05, 3.63) is 30.3 Å². The number of benzene rings is 1. The van der Waals surface area contributed by atoms with E-state index in [9.17, 15) is 9.59 Å². The minimum atomic E-state index is -0.344. The quantitative estimate of drug-likeness (QED) is 0.748. The Balaban J connectivity index is 1.83. The van der Waals surface area contributed by atoms with Crippen LogP contribution in [0.15, 0.2) is 30.3 Å². The summed E-state index contributed by atoms with van der Waals surface area (Å²) in [6.45, 7) is 2.42.